The van der Waals surface area contributed by atoms with Crippen molar-refractivity contribution < 1.29 is 4.79 Å². The Kier molecular flexibility index (Phi) is 2.10. The summed E-state index contributed by atoms with van der Waals surface area (Å²) < 4.78 is 1.78. The van der Waals surface area contributed by atoms with Crippen LogP contribution in [0.1, 0.15) is 6.42 Å². The number of aryl methyl sites for hydroxylation is 1. The van der Waals surface area contributed by atoms with Crippen molar-refractivity contribution in [2.45, 2.75) is 13.0 Å². The summed E-state index contributed by atoms with van der Waals surface area (Å²) in [6.45, 7) is 0.566. The number of nitrogens with two attached hydrogens (primary N) is 1. The highest BCUT2D eigenvalue weighted by molar-refractivity contribution is 5.81. The van der Waals surface area contributed by atoms with Crippen LogP contribution in [0.2, 0.25) is 0 Å². The van der Waals surface area contributed by atoms with Gasteiger partial charge in [-0.2, -0.15) is 0 Å². The van der Waals surface area contributed by atoms with E-state index in [1.807, 2.05) is 0 Å². The Labute approximate surface area is 79.8 Å². The van der Waals surface area contributed by atoms with E-state index in [9.17, 15) is 4.79 Å². The summed E-state index contributed by atoms with van der Waals surface area (Å²) in [7, 11) is 0. The minimum absolute atomic E-state index is 0.361. The van der Waals surface area contributed by atoms with Crippen LogP contribution in [0.5, 0.6) is 0 Å². The number of aromatic nitrogens is 4. The van der Waals surface area contributed by atoms with E-state index in [-0.39, 0.29) is 0 Å². The summed E-state index contributed by atoms with van der Waals surface area (Å²) in [5, 5.41) is 0. The number of anilines is 1. The van der Waals surface area contributed by atoms with Gasteiger partial charge in [-0.15, -0.1) is 0 Å². The molecule has 0 saturated carbocycles. The Morgan fingerprint density at radius 1 is 1.43 bits per heavy atom. The Morgan fingerprint density at radius 3 is 3.07 bits per heavy atom. The van der Waals surface area contributed by atoms with Gasteiger partial charge in [0.15, 0.2) is 11.5 Å². The van der Waals surface area contributed by atoms with E-state index in [1.165, 1.54) is 6.33 Å². The number of hydrogen-bond acceptors (Lipinski definition) is 5. The van der Waals surface area contributed by atoms with Crippen LogP contribution in [-0.2, 0) is 11.3 Å². The molecule has 72 valence electrons. The molecule has 0 spiro atoms. The molecule has 2 heterocycles. The second-order valence-corrected chi connectivity index (χ2v) is 2.82. The number of aldehydes is 1. The van der Waals surface area contributed by atoms with Crippen LogP contribution in [0, 0.1) is 0 Å². The Hall–Kier alpha value is -1.98. The highest BCUT2D eigenvalue weighted by atomic mass is 16.1. The number of hydrogen-bond donors (Lipinski definition) is 1. The van der Waals surface area contributed by atoms with Gasteiger partial charge in [-0.25, -0.2) is 15.0 Å². The lowest BCUT2D eigenvalue weighted by Crippen LogP contribution is -1.99. The summed E-state index contributed by atoms with van der Waals surface area (Å²) in [5.74, 6) is 0.361. The van der Waals surface area contributed by atoms with E-state index >= 15 is 0 Å². The number of imidazole rings is 1. The van der Waals surface area contributed by atoms with Crippen molar-refractivity contribution in [2.24, 2.45) is 0 Å². The van der Waals surface area contributed by atoms with Crippen LogP contribution in [0.15, 0.2) is 12.7 Å². The molecule has 6 heteroatoms. The summed E-state index contributed by atoms with van der Waals surface area (Å²) in [6, 6.07) is 0. The summed E-state index contributed by atoms with van der Waals surface area (Å²) in [6.07, 6.45) is 4.29. The van der Waals surface area contributed by atoms with Crippen LogP contribution in [0.25, 0.3) is 11.2 Å². The fourth-order valence-electron chi connectivity index (χ4n) is 1.25. The van der Waals surface area contributed by atoms with Gasteiger partial charge in [0, 0.05) is 13.0 Å². The zero-order valence-electron chi connectivity index (χ0n) is 7.42. The van der Waals surface area contributed by atoms with Crippen molar-refractivity contribution in [3.8, 4) is 0 Å². The van der Waals surface area contributed by atoms with Gasteiger partial charge in [0.05, 0.1) is 6.33 Å². The third-order valence-electron chi connectivity index (χ3n) is 1.92. The molecule has 0 aromatic carbocycles. The van der Waals surface area contributed by atoms with Crippen LogP contribution in [0.3, 0.4) is 0 Å². The van der Waals surface area contributed by atoms with Crippen LogP contribution >= 0.6 is 0 Å². The second-order valence-electron chi connectivity index (χ2n) is 2.82. The first-order valence-electron chi connectivity index (χ1n) is 4.18. The molecule has 0 atom stereocenters. The fourth-order valence-corrected chi connectivity index (χ4v) is 1.25. The maximum Gasteiger partial charge on any atom is 0.165 e. The largest absolute Gasteiger partial charge is 0.382 e. The molecular weight excluding hydrogens is 182 g/mol. The van der Waals surface area contributed by atoms with Crippen molar-refractivity contribution in [3.63, 3.8) is 0 Å². The summed E-state index contributed by atoms with van der Waals surface area (Å²) in [5.41, 5.74) is 6.85. The van der Waals surface area contributed by atoms with Gasteiger partial charge in [0.2, 0.25) is 0 Å². The number of nitrogens with zero attached hydrogens (tertiary/aromatic N) is 4. The highest BCUT2D eigenvalue weighted by Crippen LogP contribution is 2.13. The maximum absolute atomic E-state index is 10.2. The van der Waals surface area contributed by atoms with Crippen molar-refractivity contribution in [3.05, 3.63) is 12.7 Å². The van der Waals surface area contributed by atoms with Crippen LogP contribution < -0.4 is 5.73 Å². The number of nitrogen functional groups attached to an aromatic ring is 1. The van der Waals surface area contributed by atoms with Gasteiger partial charge in [-0.05, 0) is 0 Å². The number of carbonyl (C=O) groups excluding carboxylic acids is 1. The third kappa shape index (κ3) is 1.30. The molecular formula is C8H9N5O. The lowest BCUT2D eigenvalue weighted by Gasteiger charge is -1.98. The van der Waals surface area contributed by atoms with Gasteiger partial charge in [-0.3, -0.25) is 0 Å². The Morgan fingerprint density at radius 2 is 2.29 bits per heavy atom. The summed E-state index contributed by atoms with van der Waals surface area (Å²) in [4.78, 5) is 22.2. The maximum atomic E-state index is 10.2. The van der Waals surface area contributed by atoms with Crippen molar-refractivity contribution in [2.75, 3.05) is 5.73 Å². The molecule has 0 saturated heterocycles. The molecule has 0 bridgehead atoms. The molecule has 2 rings (SSSR count). The molecule has 0 aliphatic heterocycles. The molecule has 0 fully saturated rings. The van der Waals surface area contributed by atoms with Gasteiger partial charge in [-0.1, -0.05) is 0 Å². The predicted octanol–water partition coefficient (Wildman–Crippen LogP) is -0.00250. The Balaban J connectivity index is 2.47. The molecule has 0 aliphatic carbocycles. The van der Waals surface area contributed by atoms with Gasteiger partial charge in [0.1, 0.15) is 18.1 Å². The average molecular weight is 191 g/mol. The van der Waals surface area contributed by atoms with E-state index in [2.05, 4.69) is 15.0 Å². The molecule has 2 N–H and O–H groups in total. The average Bonchev–Trinajstić information content (AvgIpc) is 2.60. The first-order valence-corrected chi connectivity index (χ1v) is 4.18. The predicted molar refractivity (Wildman–Crippen MR) is 50.4 cm³/mol. The normalized spacial score (nSPS) is 10.6. The molecule has 0 unspecified atom stereocenters. The zero-order chi connectivity index (χ0) is 9.97. The fraction of sp³-hybridized carbons (Fsp3) is 0.250. The van der Waals surface area contributed by atoms with E-state index in [4.69, 9.17) is 5.73 Å². The number of fused-ring (bicyclic) bond motifs is 1. The number of carbonyl (C=O) groups is 1. The van der Waals surface area contributed by atoms with E-state index < -0.39 is 0 Å². The van der Waals surface area contributed by atoms with E-state index in [1.54, 1.807) is 10.9 Å². The van der Waals surface area contributed by atoms with Gasteiger partial charge < -0.3 is 15.1 Å². The molecule has 0 aliphatic rings. The molecule has 2 aromatic rings. The van der Waals surface area contributed by atoms with Gasteiger partial charge >= 0.3 is 0 Å². The second kappa shape index (κ2) is 3.41. The molecule has 0 radical (unpaired) electrons. The van der Waals surface area contributed by atoms with Crippen molar-refractivity contribution in [1.82, 2.24) is 19.5 Å². The molecule has 14 heavy (non-hydrogen) atoms. The van der Waals surface area contributed by atoms with Gasteiger partial charge in [0.25, 0.3) is 0 Å². The smallest absolute Gasteiger partial charge is 0.165 e. The van der Waals surface area contributed by atoms with Crippen LogP contribution in [-0.4, -0.2) is 25.8 Å². The monoisotopic (exact) mass is 191 g/mol. The Bertz CT molecular complexity index is 464. The first kappa shape index (κ1) is 8.61. The third-order valence-corrected chi connectivity index (χ3v) is 1.92. The molecule has 0 amide bonds. The van der Waals surface area contributed by atoms with Crippen molar-refractivity contribution in [1.29, 1.82) is 0 Å². The highest BCUT2D eigenvalue weighted by Gasteiger charge is 2.06. The number of rotatable bonds is 3. The minimum Gasteiger partial charge on any atom is -0.382 e. The molecule has 2 aromatic heterocycles. The summed E-state index contributed by atoms with van der Waals surface area (Å²) >= 11 is 0. The topological polar surface area (TPSA) is 86.7 Å². The minimum atomic E-state index is 0.361. The SMILES string of the molecule is Nc1ncnc2c1ncn2CCC=O. The van der Waals surface area contributed by atoms with Crippen LogP contribution in [0.4, 0.5) is 5.82 Å². The quantitative estimate of drug-likeness (QED) is 0.690. The lowest BCUT2D eigenvalue weighted by molar-refractivity contribution is -0.108. The van der Waals surface area contributed by atoms with E-state index in [0.29, 0.717) is 29.9 Å². The standard InChI is InChI=1S/C8H9N5O/c9-7-6-8(11-4-10-7)13(5-12-6)2-1-3-14/h3-5H,1-2H2,(H2,9,10,11). The first-order chi connectivity index (χ1) is 6.83. The zero-order valence-corrected chi connectivity index (χ0v) is 7.42. The van der Waals surface area contributed by atoms with E-state index in [0.717, 1.165) is 6.29 Å². The molecule has 6 nitrogen and oxygen atoms in total. The lowest BCUT2D eigenvalue weighted by atomic mass is 10.4. The van der Waals surface area contributed by atoms with Crippen molar-refractivity contribution >= 4 is 23.3 Å².